The maximum atomic E-state index is 12.9. The number of benzene rings is 3. The number of anilines is 2. The normalized spacial score (nSPS) is 13.7. The molecule has 1 amide bonds. The average Bonchev–Trinajstić information content (AvgIpc) is 2.80. The van der Waals surface area contributed by atoms with E-state index in [9.17, 15) is 13.2 Å². The summed E-state index contributed by atoms with van der Waals surface area (Å²) >= 11 is 0. The number of amides is 1. The Morgan fingerprint density at radius 2 is 1.70 bits per heavy atom. The summed E-state index contributed by atoms with van der Waals surface area (Å²) in [7, 11) is -3.75. The molecule has 6 nitrogen and oxygen atoms in total. The molecule has 0 atom stereocenters. The van der Waals surface area contributed by atoms with Crippen LogP contribution in [0.3, 0.4) is 0 Å². The van der Waals surface area contributed by atoms with Crippen LogP contribution in [0, 0.1) is 5.92 Å². The highest BCUT2D eigenvalue weighted by Crippen LogP contribution is 2.32. The monoisotopic (exact) mass is 464 g/mol. The Labute approximate surface area is 195 Å². The Kier molecular flexibility index (Phi) is 6.70. The van der Waals surface area contributed by atoms with Crippen molar-refractivity contribution in [3.05, 3.63) is 83.9 Å². The number of carbonyl (C=O) groups excluding carboxylic acids is 1. The quantitative estimate of drug-likeness (QED) is 0.509. The van der Waals surface area contributed by atoms with Crippen LogP contribution in [-0.4, -0.2) is 20.9 Å². The van der Waals surface area contributed by atoms with E-state index in [4.69, 9.17) is 4.74 Å². The van der Waals surface area contributed by atoms with Crippen molar-refractivity contribution >= 4 is 27.3 Å². The molecule has 0 unspecified atom stereocenters. The van der Waals surface area contributed by atoms with E-state index in [1.165, 1.54) is 12.1 Å². The molecule has 3 aromatic rings. The number of sulfonamides is 1. The molecule has 33 heavy (non-hydrogen) atoms. The van der Waals surface area contributed by atoms with Gasteiger partial charge in [-0.15, -0.1) is 0 Å². The zero-order valence-corrected chi connectivity index (χ0v) is 19.6. The summed E-state index contributed by atoms with van der Waals surface area (Å²) in [6.07, 6.45) is 0.977. The third kappa shape index (κ3) is 5.54. The van der Waals surface area contributed by atoms with Gasteiger partial charge in [0.05, 0.1) is 18.0 Å². The Morgan fingerprint density at radius 1 is 0.970 bits per heavy atom. The number of nitrogens with zero attached hydrogens (tertiary/aromatic N) is 1. The molecule has 0 aliphatic carbocycles. The molecule has 0 radical (unpaired) electrons. The van der Waals surface area contributed by atoms with Crippen LogP contribution in [0.15, 0.2) is 77.7 Å². The maximum absolute atomic E-state index is 12.9. The van der Waals surface area contributed by atoms with Crippen LogP contribution in [0.4, 0.5) is 11.4 Å². The third-order valence-corrected chi connectivity index (χ3v) is 6.83. The standard InChI is InChI=1S/C26H28N2O4S/c1-19(2)18-32-23-10-12-24(13-11-23)33(30,31)27-22-9-14-25-21(16-22)8-15-26(29)28(25)17-20-6-4-3-5-7-20/h3-7,9-14,16,19,27H,8,15,17-18H2,1-2H3. The van der Waals surface area contributed by atoms with Gasteiger partial charge in [-0.05, 0) is 65.9 Å². The van der Waals surface area contributed by atoms with Crippen LogP contribution in [0.25, 0.3) is 0 Å². The molecule has 3 aromatic carbocycles. The van der Waals surface area contributed by atoms with Gasteiger partial charge < -0.3 is 9.64 Å². The Hall–Kier alpha value is -3.32. The first-order chi connectivity index (χ1) is 15.8. The van der Waals surface area contributed by atoms with Crippen molar-refractivity contribution in [2.24, 2.45) is 5.92 Å². The van der Waals surface area contributed by atoms with Crippen LogP contribution in [0.5, 0.6) is 5.75 Å². The predicted molar refractivity (Wildman–Crippen MR) is 130 cm³/mol. The minimum Gasteiger partial charge on any atom is -0.493 e. The van der Waals surface area contributed by atoms with E-state index in [0.717, 1.165) is 16.8 Å². The zero-order valence-electron chi connectivity index (χ0n) is 18.8. The molecule has 0 aromatic heterocycles. The molecule has 0 spiro atoms. The van der Waals surface area contributed by atoms with Crippen LogP contribution in [0.2, 0.25) is 0 Å². The number of aryl methyl sites for hydroxylation is 1. The van der Waals surface area contributed by atoms with Gasteiger partial charge in [-0.25, -0.2) is 8.42 Å². The van der Waals surface area contributed by atoms with E-state index < -0.39 is 10.0 Å². The van der Waals surface area contributed by atoms with Crippen molar-refractivity contribution in [3.8, 4) is 5.75 Å². The second-order valence-corrected chi connectivity index (χ2v) is 10.3. The summed E-state index contributed by atoms with van der Waals surface area (Å²) in [5, 5.41) is 0. The second kappa shape index (κ2) is 9.67. The first-order valence-electron chi connectivity index (χ1n) is 11.0. The van der Waals surface area contributed by atoms with E-state index in [2.05, 4.69) is 18.6 Å². The van der Waals surface area contributed by atoms with Crippen LogP contribution < -0.4 is 14.4 Å². The van der Waals surface area contributed by atoms with Crippen molar-refractivity contribution in [1.82, 2.24) is 0 Å². The Morgan fingerprint density at radius 3 is 2.39 bits per heavy atom. The lowest BCUT2D eigenvalue weighted by molar-refractivity contribution is -0.119. The fourth-order valence-corrected chi connectivity index (χ4v) is 4.80. The van der Waals surface area contributed by atoms with Gasteiger partial charge in [-0.2, -0.15) is 0 Å². The number of rotatable bonds is 8. The number of hydrogen-bond acceptors (Lipinski definition) is 4. The average molecular weight is 465 g/mol. The summed E-state index contributed by atoms with van der Waals surface area (Å²) < 4.78 is 34.1. The molecule has 7 heteroatoms. The summed E-state index contributed by atoms with van der Waals surface area (Å²) in [5.41, 5.74) is 3.29. The maximum Gasteiger partial charge on any atom is 0.261 e. The highest BCUT2D eigenvalue weighted by atomic mass is 32.2. The van der Waals surface area contributed by atoms with Crippen LogP contribution in [0.1, 0.15) is 31.4 Å². The number of carbonyl (C=O) groups is 1. The third-order valence-electron chi connectivity index (χ3n) is 5.43. The SMILES string of the molecule is CC(C)COc1ccc(S(=O)(=O)Nc2ccc3c(c2)CCC(=O)N3Cc2ccccc2)cc1. The van der Waals surface area contributed by atoms with Gasteiger partial charge in [0, 0.05) is 17.8 Å². The molecular weight excluding hydrogens is 436 g/mol. The molecule has 4 rings (SSSR count). The van der Waals surface area contributed by atoms with Crippen molar-refractivity contribution in [2.75, 3.05) is 16.2 Å². The molecule has 172 valence electrons. The number of ether oxygens (including phenoxy) is 1. The Bertz CT molecular complexity index is 1220. The molecule has 0 bridgehead atoms. The fraction of sp³-hybridized carbons (Fsp3) is 0.269. The molecule has 0 saturated carbocycles. The smallest absolute Gasteiger partial charge is 0.261 e. The van der Waals surface area contributed by atoms with Gasteiger partial charge in [0.15, 0.2) is 0 Å². The van der Waals surface area contributed by atoms with Gasteiger partial charge in [0.2, 0.25) is 5.91 Å². The number of nitrogens with one attached hydrogen (secondary N) is 1. The highest BCUT2D eigenvalue weighted by Gasteiger charge is 2.25. The first-order valence-corrected chi connectivity index (χ1v) is 12.5. The highest BCUT2D eigenvalue weighted by molar-refractivity contribution is 7.92. The molecule has 1 N–H and O–H groups in total. The number of hydrogen-bond donors (Lipinski definition) is 1. The first kappa shape index (κ1) is 22.9. The van der Waals surface area contributed by atoms with Crippen molar-refractivity contribution < 1.29 is 17.9 Å². The number of fused-ring (bicyclic) bond motifs is 1. The van der Waals surface area contributed by atoms with Gasteiger partial charge in [0.25, 0.3) is 10.0 Å². The van der Waals surface area contributed by atoms with Crippen molar-refractivity contribution in [1.29, 1.82) is 0 Å². The van der Waals surface area contributed by atoms with E-state index in [1.807, 2.05) is 42.5 Å². The molecular formula is C26H28N2O4S. The van der Waals surface area contributed by atoms with Crippen molar-refractivity contribution in [2.45, 2.75) is 38.1 Å². The van der Waals surface area contributed by atoms with E-state index in [-0.39, 0.29) is 10.8 Å². The Balaban J connectivity index is 1.51. The van der Waals surface area contributed by atoms with Gasteiger partial charge in [-0.3, -0.25) is 9.52 Å². The minimum atomic E-state index is -3.75. The predicted octanol–water partition coefficient (Wildman–Crippen LogP) is 5.00. The van der Waals surface area contributed by atoms with Crippen LogP contribution in [-0.2, 0) is 27.8 Å². The van der Waals surface area contributed by atoms with E-state index in [1.54, 1.807) is 23.1 Å². The fourth-order valence-electron chi connectivity index (χ4n) is 3.75. The lowest BCUT2D eigenvalue weighted by atomic mass is 10.00. The molecule has 1 heterocycles. The topological polar surface area (TPSA) is 75.7 Å². The minimum absolute atomic E-state index is 0.0689. The van der Waals surface area contributed by atoms with Gasteiger partial charge in [0.1, 0.15) is 5.75 Å². The molecule has 1 aliphatic rings. The van der Waals surface area contributed by atoms with Crippen LogP contribution >= 0.6 is 0 Å². The largest absolute Gasteiger partial charge is 0.493 e. The summed E-state index contributed by atoms with van der Waals surface area (Å²) in [5.74, 6) is 1.09. The van der Waals surface area contributed by atoms with E-state index in [0.29, 0.717) is 43.3 Å². The molecule has 0 saturated heterocycles. The molecule has 0 fully saturated rings. The lowest BCUT2D eigenvalue weighted by Crippen LogP contribution is -2.34. The second-order valence-electron chi connectivity index (χ2n) is 8.59. The molecule has 1 aliphatic heterocycles. The van der Waals surface area contributed by atoms with Gasteiger partial charge >= 0.3 is 0 Å². The zero-order chi connectivity index (χ0) is 23.4. The summed E-state index contributed by atoms with van der Waals surface area (Å²) in [6.45, 7) is 5.17. The lowest BCUT2D eigenvalue weighted by Gasteiger charge is -2.30. The summed E-state index contributed by atoms with van der Waals surface area (Å²) in [4.78, 5) is 14.5. The van der Waals surface area contributed by atoms with Gasteiger partial charge in [-0.1, -0.05) is 44.2 Å². The van der Waals surface area contributed by atoms with Crippen molar-refractivity contribution in [3.63, 3.8) is 0 Å². The summed E-state index contributed by atoms with van der Waals surface area (Å²) in [6, 6.07) is 21.6. The van der Waals surface area contributed by atoms with E-state index >= 15 is 0 Å².